The topological polar surface area (TPSA) is 137 Å². The number of carboxylic acids is 1. The maximum absolute atomic E-state index is 11.8. The van der Waals surface area contributed by atoms with Crippen LogP contribution >= 0.6 is 0 Å². The van der Waals surface area contributed by atoms with Gasteiger partial charge in [-0.2, -0.15) is 5.26 Å². The molecule has 122 valence electrons. The maximum Gasteiger partial charge on any atom is 0.303 e. The van der Waals surface area contributed by atoms with E-state index in [1.807, 2.05) is 0 Å². The van der Waals surface area contributed by atoms with Crippen LogP contribution in [0.3, 0.4) is 0 Å². The van der Waals surface area contributed by atoms with Crippen molar-refractivity contribution in [2.45, 2.75) is 32.1 Å². The average Bonchev–Trinajstić information content (AvgIpc) is 2.50. The van der Waals surface area contributed by atoms with Gasteiger partial charge in [-0.05, 0) is 25.8 Å². The standard InChI is InChI=1S/C14H22N4O4/c15-6-4-8-18(11-19)10-12(9-16)14(22)17-7-3-1-2-5-13(20)21/h10-11H,1-8,15H2,(H,17,22)(H,20,21)/b12-10-. The number of aliphatic carboxylic acids is 1. The van der Waals surface area contributed by atoms with E-state index in [9.17, 15) is 14.4 Å². The summed E-state index contributed by atoms with van der Waals surface area (Å²) >= 11 is 0. The molecule has 0 radical (unpaired) electrons. The van der Waals surface area contributed by atoms with Crippen molar-refractivity contribution in [3.63, 3.8) is 0 Å². The Morgan fingerprint density at radius 2 is 2.00 bits per heavy atom. The van der Waals surface area contributed by atoms with Crippen LogP contribution in [0.5, 0.6) is 0 Å². The van der Waals surface area contributed by atoms with Gasteiger partial charge in [0.2, 0.25) is 6.41 Å². The minimum Gasteiger partial charge on any atom is -0.481 e. The first-order chi connectivity index (χ1) is 10.5. The van der Waals surface area contributed by atoms with Gasteiger partial charge in [0, 0.05) is 25.7 Å². The highest BCUT2D eigenvalue weighted by Gasteiger charge is 2.10. The highest BCUT2D eigenvalue weighted by Crippen LogP contribution is 2.00. The molecule has 0 saturated carbocycles. The number of nitrogens with two attached hydrogens (primary N) is 1. The summed E-state index contributed by atoms with van der Waals surface area (Å²) in [6.07, 6.45) is 4.25. The van der Waals surface area contributed by atoms with Crippen LogP contribution in [0, 0.1) is 11.3 Å². The largest absolute Gasteiger partial charge is 0.481 e. The number of carbonyl (C=O) groups is 3. The molecule has 0 fully saturated rings. The van der Waals surface area contributed by atoms with Crippen molar-refractivity contribution in [3.8, 4) is 6.07 Å². The number of carbonyl (C=O) groups excluding carboxylic acids is 2. The van der Waals surface area contributed by atoms with E-state index in [0.717, 1.165) is 0 Å². The zero-order valence-electron chi connectivity index (χ0n) is 12.5. The summed E-state index contributed by atoms with van der Waals surface area (Å²) in [6, 6.07) is 1.75. The molecule has 0 aliphatic carbocycles. The predicted octanol–water partition coefficient (Wildman–Crippen LogP) is -0.0377. The molecule has 0 heterocycles. The van der Waals surface area contributed by atoms with E-state index in [1.165, 1.54) is 11.1 Å². The van der Waals surface area contributed by atoms with E-state index >= 15 is 0 Å². The fourth-order valence-corrected chi connectivity index (χ4v) is 1.60. The Morgan fingerprint density at radius 3 is 2.55 bits per heavy atom. The molecule has 0 atom stereocenters. The number of hydrogen-bond acceptors (Lipinski definition) is 5. The Balaban J connectivity index is 4.21. The second-order valence-electron chi connectivity index (χ2n) is 4.60. The van der Waals surface area contributed by atoms with Crippen molar-refractivity contribution < 1.29 is 19.5 Å². The van der Waals surface area contributed by atoms with E-state index < -0.39 is 11.9 Å². The van der Waals surface area contributed by atoms with E-state index in [4.69, 9.17) is 16.1 Å². The lowest BCUT2D eigenvalue weighted by molar-refractivity contribution is -0.137. The second kappa shape index (κ2) is 12.3. The maximum atomic E-state index is 11.8. The van der Waals surface area contributed by atoms with Gasteiger partial charge in [-0.3, -0.25) is 14.4 Å². The average molecular weight is 310 g/mol. The van der Waals surface area contributed by atoms with Crippen LogP contribution in [-0.2, 0) is 14.4 Å². The lowest BCUT2D eigenvalue weighted by Crippen LogP contribution is -2.28. The van der Waals surface area contributed by atoms with Crippen molar-refractivity contribution in [1.82, 2.24) is 10.2 Å². The third kappa shape index (κ3) is 9.50. The normalized spacial score (nSPS) is 10.6. The van der Waals surface area contributed by atoms with Crippen molar-refractivity contribution in [3.05, 3.63) is 11.8 Å². The van der Waals surface area contributed by atoms with Crippen LogP contribution < -0.4 is 11.1 Å². The molecule has 0 aromatic carbocycles. The first-order valence-electron chi connectivity index (χ1n) is 7.08. The van der Waals surface area contributed by atoms with Crippen molar-refractivity contribution in [2.24, 2.45) is 5.73 Å². The van der Waals surface area contributed by atoms with Crippen molar-refractivity contribution >= 4 is 18.3 Å². The van der Waals surface area contributed by atoms with Gasteiger partial charge >= 0.3 is 5.97 Å². The molecule has 0 aliphatic rings. The van der Waals surface area contributed by atoms with Crippen molar-refractivity contribution in [2.75, 3.05) is 19.6 Å². The summed E-state index contributed by atoms with van der Waals surface area (Å²) in [5.41, 5.74) is 5.18. The minimum atomic E-state index is -0.842. The van der Waals surface area contributed by atoms with Gasteiger partial charge < -0.3 is 21.1 Å². The number of rotatable bonds is 12. The summed E-state index contributed by atoms with van der Waals surface area (Å²) in [5.74, 6) is -1.40. The Bertz CT molecular complexity index is 443. The molecule has 0 aromatic heterocycles. The Hall–Kier alpha value is -2.40. The van der Waals surface area contributed by atoms with Crippen LogP contribution in [0.15, 0.2) is 11.8 Å². The number of nitrogens with one attached hydrogen (secondary N) is 1. The van der Waals surface area contributed by atoms with Crippen LogP contribution in [0.2, 0.25) is 0 Å². The summed E-state index contributed by atoms with van der Waals surface area (Å²) < 4.78 is 0. The molecule has 2 amide bonds. The molecule has 0 saturated heterocycles. The lowest BCUT2D eigenvalue weighted by atomic mass is 10.2. The summed E-state index contributed by atoms with van der Waals surface area (Å²) in [6.45, 7) is 1.09. The Labute approximate surface area is 129 Å². The molecule has 8 nitrogen and oxygen atoms in total. The van der Waals surface area contributed by atoms with E-state index in [-0.39, 0.29) is 12.0 Å². The van der Waals surface area contributed by atoms with Crippen LogP contribution in [0.25, 0.3) is 0 Å². The van der Waals surface area contributed by atoms with Gasteiger partial charge in [-0.1, -0.05) is 6.42 Å². The van der Waals surface area contributed by atoms with E-state index in [2.05, 4.69) is 5.32 Å². The first kappa shape index (κ1) is 19.6. The number of unbranched alkanes of at least 4 members (excludes halogenated alkanes) is 2. The highest BCUT2D eigenvalue weighted by molar-refractivity contribution is 5.97. The lowest BCUT2D eigenvalue weighted by Gasteiger charge is -2.12. The third-order valence-corrected chi connectivity index (χ3v) is 2.77. The molecule has 4 N–H and O–H groups in total. The molecular weight excluding hydrogens is 288 g/mol. The predicted molar refractivity (Wildman–Crippen MR) is 79.3 cm³/mol. The molecule has 8 heteroatoms. The molecule has 0 aliphatic heterocycles. The highest BCUT2D eigenvalue weighted by atomic mass is 16.4. The fourth-order valence-electron chi connectivity index (χ4n) is 1.60. The van der Waals surface area contributed by atoms with Gasteiger partial charge in [0.05, 0.1) is 0 Å². The SMILES string of the molecule is N#C/C(=C/N(C=O)CCCN)C(=O)NCCCCCC(=O)O. The van der Waals surface area contributed by atoms with Gasteiger partial charge in [-0.15, -0.1) is 0 Å². The zero-order valence-corrected chi connectivity index (χ0v) is 12.5. The number of nitriles is 1. The molecule has 0 rings (SSSR count). The van der Waals surface area contributed by atoms with Crippen molar-refractivity contribution in [1.29, 1.82) is 5.26 Å². The van der Waals surface area contributed by atoms with Gasteiger partial charge in [0.25, 0.3) is 5.91 Å². The van der Waals surface area contributed by atoms with Crippen LogP contribution in [-0.4, -0.2) is 47.9 Å². The molecule has 22 heavy (non-hydrogen) atoms. The van der Waals surface area contributed by atoms with Gasteiger partial charge in [-0.25, -0.2) is 0 Å². The van der Waals surface area contributed by atoms with Crippen LogP contribution in [0.1, 0.15) is 32.1 Å². The Kier molecular flexibility index (Phi) is 11.0. The minimum absolute atomic E-state index is 0.104. The van der Waals surface area contributed by atoms with Gasteiger partial charge in [0.15, 0.2) is 0 Å². The molecule has 0 spiro atoms. The second-order valence-corrected chi connectivity index (χ2v) is 4.60. The molecule has 0 unspecified atom stereocenters. The third-order valence-electron chi connectivity index (χ3n) is 2.77. The number of nitrogens with zero attached hydrogens (tertiary/aromatic N) is 2. The smallest absolute Gasteiger partial charge is 0.303 e. The zero-order chi connectivity index (χ0) is 16.8. The number of carboxylic acid groups (broad SMARTS) is 1. The summed E-state index contributed by atoms with van der Waals surface area (Å²) in [7, 11) is 0. The number of amides is 2. The molecule has 0 aromatic rings. The summed E-state index contributed by atoms with van der Waals surface area (Å²) in [4.78, 5) is 34.1. The van der Waals surface area contributed by atoms with E-state index in [0.29, 0.717) is 51.7 Å². The quantitative estimate of drug-likeness (QED) is 0.200. The first-order valence-corrected chi connectivity index (χ1v) is 7.08. The molecular formula is C14H22N4O4. The Morgan fingerprint density at radius 1 is 1.27 bits per heavy atom. The summed E-state index contributed by atoms with van der Waals surface area (Å²) in [5, 5.41) is 20.0. The fraction of sp³-hybridized carbons (Fsp3) is 0.571. The van der Waals surface area contributed by atoms with E-state index in [1.54, 1.807) is 6.07 Å². The number of hydrogen-bond donors (Lipinski definition) is 3. The monoisotopic (exact) mass is 310 g/mol. The van der Waals surface area contributed by atoms with Gasteiger partial charge in [0.1, 0.15) is 11.6 Å². The molecule has 0 bridgehead atoms. The van der Waals surface area contributed by atoms with Crippen LogP contribution in [0.4, 0.5) is 0 Å².